The first-order valence-electron chi connectivity index (χ1n) is 10.3. The number of nitrogens with zero attached hydrogens (tertiary/aromatic N) is 2. The van der Waals surface area contributed by atoms with E-state index in [4.69, 9.17) is 14.2 Å². The fourth-order valence-corrected chi connectivity index (χ4v) is 4.03. The van der Waals surface area contributed by atoms with Gasteiger partial charge in [0.1, 0.15) is 6.61 Å². The van der Waals surface area contributed by atoms with E-state index in [0.29, 0.717) is 32.7 Å². The van der Waals surface area contributed by atoms with E-state index in [9.17, 15) is 9.59 Å². The second-order valence-electron chi connectivity index (χ2n) is 7.21. The highest BCUT2D eigenvalue weighted by Gasteiger charge is 2.28. The van der Waals surface area contributed by atoms with Crippen LogP contribution in [0, 0.1) is 6.92 Å². The number of hydrazine groups is 1. The lowest BCUT2D eigenvalue weighted by molar-refractivity contribution is -0.0735. The molecule has 0 spiro atoms. The predicted molar refractivity (Wildman–Crippen MR) is 123 cm³/mol. The Balaban J connectivity index is 1.95. The van der Waals surface area contributed by atoms with E-state index in [2.05, 4.69) is 37.8 Å². The summed E-state index contributed by atoms with van der Waals surface area (Å²) >= 11 is 0.996. The number of benzene rings is 1. The molecule has 1 aliphatic rings. The summed E-state index contributed by atoms with van der Waals surface area (Å²) in [7, 11) is 3.06. The minimum atomic E-state index is -0.398. The van der Waals surface area contributed by atoms with Crippen molar-refractivity contribution in [1.29, 1.82) is 0 Å². The molecule has 1 fully saturated rings. The molecule has 1 saturated heterocycles. The van der Waals surface area contributed by atoms with Gasteiger partial charge in [-0.15, -0.1) is 0 Å². The zero-order chi connectivity index (χ0) is 22.6. The molecule has 2 rings (SSSR count). The molecule has 1 aliphatic heterocycles. The highest BCUT2D eigenvalue weighted by molar-refractivity contribution is 8.16. The summed E-state index contributed by atoms with van der Waals surface area (Å²) in [5, 5.41) is 3.21. The Bertz CT molecular complexity index is 783. The number of aryl methyl sites for hydroxylation is 1. The number of allylic oxidation sites excluding steroid dienone is 2. The molecule has 1 heterocycles. The fraction of sp³-hybridized carbons (Fsp3) is 0.478. The van der Waals surface area contributed by atoms with Crippen LogP contribution in [0.15, 0.2) is 47.9 Å². The SMILES string of the molecule is C=C/C=C(/CCN1C(=O)OCCN1CCC(Cc1cccc(C)c1)OC)SC(=O)OC. The molecule has 1 aromatic carbocycles. The maximum atomic E-state index is 12.4. The molecule has 0 N–H and O–H groups in total. The van der Waals surface area contributed by atoms with E-state index in [1.807, 2.05) is 5.01 Å². The van der Waals surface area contributed by atoms with Crippen molar-refractivity contribution in [3.05, 3.63) is 59.0 Å². The van der Waals surface area contributed by atoms with E-state index in [0.717, 1.165) is 29.5 Å². The first-order chi connectivity index (χ1) is 15.0. The van der Waals surface area contributed by atoms with Crippen LogP contribution in [-0.2, 0) is 20.6 Å². The molecule has 1 aromatic rings. The zero-order valence-electron chi connectivity index (χ0n) is 18.5. The van der Waals surface area contributed by atoms with Gasteiger partial charge in [0.05, 0.1) is 19.8 Å². The summed E-state index contributed by atoms with van der Waals surface area (Å²) in [6.45, 7) is 7.82. The number of ether oxygens (including phenoxy) is 3. The molecule has 7 nitrogen and oxygen atoms in total. The van der Waals surface area contributed by atoms with Crippen LogP contribution in [0.5, 0.6) is 0 Å². The van der Waals surface area contributed by atoms with E-state index in [1.54, 1.807) is 24.3 Å². The first-order valence-corrected chi connectivity index (χ1v) is 11.1. The van der Waals surface area contributed by atoms with Crippen LogP contribution in [0.1, 0.15) is 24.0 Å². The summed E-state index contributed by atoms with van der Waals surface area (Å²) in [6.07, 6.45) is 5.14. The number of methoxy groups -OCH3 is 2. The van der Waals surface area contributed by atoms with Crippen LogP contribution < -0.4 is 0 Å². The number of hydrogen-bond acceptors (Lipinski definition) is 7. The Morgan fingerprint density at radius 3 is 2.84 bits per heavy atom. The molecule has 0 saturated carbocycles. The Hall–Kier alpha value is -2.29. The average molecular weight is 449 g/mol. The molecule has 8 heteroatoms. The molecule has 1 unspecified atom stereocenters. The van der Waals surface area contributed by atoms with Gasteiger partial charge in [-0.25, -0.2) is 19.6 Å². The third-order valence-corrected chi connectivity index (χ3v) is 5.91. The van der Waals surface area contributed by atoms with Crippen molar-refractivity contribution in [2.75, 3.05) is 40.5 Å². The van der Waals surface area contributed by atoms with Crippen LogP contribution >= 0.6 is 11.8 Å². The third kappa shape index (κ3) is 8.40. The Morgan fingerprint density at radius 1 is 1.35 bits per heavy atom. The average Bonchev–Trinajstić information content (AvgIpc) is 2.75. The van der Waals surface area contributed by atoms with Crippen molar-refractivity contribution in [2.24, 2.45) is 0 Å². The van der Waals surface area contributed by atoms with E-state index >= 15 is 0 Å². The van der Waals surface area contributed by atoms with Crippen LogP contribution in [0.4, 0.5) is 9.59 Å². The summed E-state index contributed by atoms with van der Waals surface area (Å²) in [4.78, 5) is 24.8. The Morgan fingerprint density at radius 2 is 2.16 bits per heavy atom. The Labute approximate surface area is 189 Å². The van der Waals surface area contributed by atoms with Gasteiger partial charge in [-0.2, -0.15) is 0 Å². The highest BCUT2D eigenvalue weighted by atomic mass is 32.2. The molecule has 31 heavy (non-hydrogen) atoms. The number of thioether (sulfide) groups is 1. The normalized spacial score (nSPS) is 16.0. The summed E-state index contributed by atoms with van der Waals surface area (Å²) in [6, 6.07) is 8.41. The van der Waals surface area contributed by atoms with Gasteiger partial charge >= 0.3 is 11.4 Å². The van der Waals surface area contributed by atoms with Gasteiger partial charge in [0, 0.05) is 20.2 Å². The smallest absolute Gasteiger partial charge is 0.424 e. The number of carbonyl (C=O) groups is 2. The van der Waals surface area contributed by atoms with Gasteiger partial charge in [0.25, 0.3) is 0 Å². The van der Waals surface area contributed by atoms with Crippen molar-refractivity contribution < 1.29 is 23.8 Å². The Kier molecular flexibility index (Phi) is 10.6. The van der Waals surface area contributed by atoms with Gasteiger partial charge < -0.3 is 14.2 Å². The van der Waals surface area contributed by atoms with Crippen LogP contribution in [0.3, 0.4) is 0 Å². The molecule has 1 amide bonds. The minimum Gasteiger partial charge on any atom is -0.461 e. The summed E-state index contributed by atoms with van der Waals surface area (Å²) < 4.78 is 15.6. The number of cyclic esters (lactones) is 1. The van der Waals surface area contributed by atoms with E-state index in [1.165, 1.54) is 18.2 Å². The van der Waals surface area contributed by atoms with Crippen molar-refractivity contribution >= 4 is 23.2 Å². The number of rotatable bonds is 11. The highest BCUT2D eigenvalue weighted by Crippen LogP contribution is 2.23. The van der Waals surface area contributed by atoms with Crippen LogP contribution in [-0.4, -0.2) is 68.0 Å². The lowest BCUT2D eigenvalue weighted by Crippen LogP contribution is -2.53. The lowest BCUT2D eigenvalue weighted by atomic mass is 10.0. The minimum absolute atomic E-state index is 0.0488. The maximum Gasteiger partial charge on any atom is 0.424 e. The fourth-order valence-electron chi connectivity index (χ4n) is 3.38. The summed E-state index contributed by atoms with van der Waals surface area (Å²) in [5.41, 5.74) is 2.46. The van der Waals surface area contributed by atoms with Gasteiger partial charge in [-0.1, -0.05) is 48.6 Å². The van der Waals surface area contributed by atoms with Gasteiger partial charge in [0.2, 0.25) is 0 Å². The van der Waals surface area contributed by atoms with E-state index in [-0.39, 0.29) is 12.2 Å². The van der Waals surface area contributed by atoms with Crippen LogP contribution in [0.25, 0.3) is 0 Å². The molecule has 0 radical (unpaired) electrons. The van der Waals surface area contributed by atoms with Gasteiger partial charge in [-0.05, 0) is 48.4 Å². The molecular formula is C23H32N2O5S. The molecule has 0 bridgehead atoms. The molecule has 0 aliphatic carbocycles. The number of hydrogen-bond donors (Lipinski definition) is 0. The second kappa shape index (κ2) is 13.2. The second-order valence-corrected chi connectivity index (χ2v) is 8.27. The largest absolute Gasteiger partial charge is 0.461 e. The van der Waals surface area contributed by atoms with Crippen molar-refractivity contribution in [1.82, 2.24) is 10.0 Å². The standard InChI is InChI=1S/C23H32N2O5S/c1-5-7-21(31-23(27)29-4)11-13-25-22(26)30-15-14-24(25)12-10-20(28-3)17-19-9-6-8-18(2)16-19/h5-9,16,20H,1,10-15,17H2,2-4H3/b21-7-. The monoisotopic (exact) mass is 448 g/mol. The van der Waals surface area contributed by atoms with Crippen molar-refractivity contribution in [3.8, 4) is 0 Å². The van der Waals surface area contributed by atoms with Gasteiger partial charge in [0.15, 0.2) is 0 Å². The predicted octanol–water partition coefficient (Wildman–Crippen LogP) is 4.57. The molecular weight excluding hydrogens is 416 g/mol. The third-order valence-electron chi connectivity index (χ3n) is 4.97. The quantitative estimate of drug-likeness (QED) is 0.363. The van der Waals surface area contributed by atoms with Gasteiger partial charge in [-0.3, -0.25) is 0 Å². The lowest BCUT2D eigenvalue weighted by Gasteiger charge is -2.38. The molecule has 0 aromatic heterocycles. The first kappa shape index (κ1) is 25.0. The van der Waals surface area contributed by atoms with Crippen molar-refractivity contribution in [2.45, 2.75) is 32.3 Å². The summed E-state index contributed by atoms with van der Waals surface area (Å²) in [5.74, 6) is 0. The van der Waals surface area contributed by atoms with Crippen molar-refractivity contribution in [3.63, 3.8) is 0 Å². The topological polar surface area (TPSA) is 68.3 Å². The molecule has 170 valence electrons. The molecule has 1 atom stereocenters. The zero-order valence-corrected chi connectivity index (χ0v) is 19.4. The van der Waals surface area contributed by atoms with Crippen LogP contribution in [0.2, 0.25) is 0 Å². The number of carbonyl (C=O) groups excluding carboxylic acids is 2. The number of amides is 1. The maximum absolute atomic E-state index is 12.4. The van der Waals surface area contributed by atoms with E-state index < -0.39 is 5.30 Å².